The molecule has 0 saturated carbocycles. The number of urea groups is 1. The van der Waals surface area contributed by atoms with Gasteiger partial charge in [-0.25, -0.2) is 4.79 Å². The lowest BCUT2D eigenvalue weighted by atomic mass is 9.99. The molecule has 1 saturated heterocycles. The molecule has 0 radical (unpaired) electrons. The van der Waals surface area contributed by atoms with E-state index in [9.17, 15) is 4.79 Å². The number of rotatable bonds is 3. The van der Waals surface area contributed by atoms with Gasteiger partial charge in [0, 0.05) is 13.1 Å². The summed E-state index contributed by atoms with van der Waals surface area (Å²) in [7, 11) is 0. The molecule has 0 bridgehead atoms. The summed E-state index contributed by atoms with van der Waals surface area (Å²) in [6.07, 6.45) is 4.51. The van der Waals surface area contributed by atoms with Crippen LogP contribution in [0.1, 0.15) is 48.4 Å². The van der Waals surface area contributed by atoms with Crippen LogP contribution in [0.2, 0.25) is 0 Å². The van der Waals surface area contributed by atoms with E-state index in [2.05, 4.69) is 36.5 Å². The number of hydrogen-bond acceptors (Lipinski definition) is 1. The Kier molecular flexibility index (Phi) is 5.52. The van der Waals surface area contributed by atoms with Crippen molar-refractivity contribution in [1.29, 1.82) is 0 Å². The maximum atomic E-state index is 12.8. The van der Waals surface area contributed by atoms with Gasteiger partial charge in [0.05, 0.1) is 6.04 Å². The summed E-state index contributed by atoms with van der Waals surface area (Å²) in [6.45, 7) is 3.52. The van der Waals surface area contributed by atoms with Gasteiger partial charge in [-0.3, -0.25) is 0 Å². The first-order valence-electron chi connectivity index (χ1n) is 8.89. The molecule has 0 aliphatic carbocycles. The maximum absolute atomic E-state index is 12.8. The summed E-state index contributed by atoms with van der Waals surface area (Å²) in [4.78, 5) is 14.8. The van der Waals surface area contributed by atoms with Crippen LogP contribution in [0.3, 0.4) is 0 Å². The average Bonchev–Trinajstić information content (AvgIpc) is 2.86. The van der Waals surface area contributed by atoms with Gasteiger partial charge in [0.1, 0.15) is 0 Å². The van der Waals surface area contributed by atoms with Gasteiger partial charge >= 0.3 is 6.03 Å². The molecule has 0 unspecified atom stereocenters. The van der Waals surface area contributed by atoms with Crippen LogP contribution in [0.5, 0.6) is 0 Å². The number of benzene rings is 2. The average molecular weight is 322 g/mol. The summed E-state index contributed by atoms with van der Waals surface area (Å²) in [5.74, 6) is 0. The van der Waals surface area contributed by atoms with Crippen molar-refractivity contribution in [1.82, 2.24) is 10.2 Å². The Morgan fingerprint density at radius 2 is 1.92 bits per heavy atom. The maximum Gasteiger partial charge on any atom is 0.318 e. The lowest BCUT2D eigenvalue weighted by molar-refractivity contribution is 0.175. The topological polar surface area (TPSA) is 32.3 Å². The van der Waals surface area contributed by atoms with E-state index in [4.69, 9.17) is 0 Å². The Hall–Kier alpha value is -2.29. The fraction of sp³-hybridized carbons (Fsp3) is 0.381. The minimum absolute atomic E-state index is 0.0484. The molecule has 0 spiro atoms. The third kappa shape index (κ3) is 4.16. The second kappa shape index (κ2) is 8.00. The zero-order valence-electron chi connectivity index (χ0n) is 14.4. The Labute approximate surface area is 144 Å². The van der Waals surface area contributed by atoms with Crippen molar-refractivity contribution < 1.29 is 4.79 Å². The first kappa shape index (κ1) is 16.6. The Morgan fingerprint density at radius 1 is 1.08 bits per heavy atom. The van der Waals surface area contributed by atoms with Crippen LogP contribution in [0.4, 0.5) is 4.79 Å². The van der Waals surface area contributed by atoms with Gasteiger partial charge < -0.3 is 10.2 Å². The van der Waals surface area contributed by atoms with Crippen LogP contribution >= 0.6 is 0 Å². The van der Waals surface area contributed by atoms with Crippen LogP contribution in [0, 0.1) is 6.92 Å². The number of likely N-dealkylation sites (tertiary alicyclic amines) is 1. The molecule has 2 aromatic rings. The number of aryl methyl sites for hydroxylation is 1. The zero-order chi connectivity index (χ0) is 16.8. The number of nitrogens with zero attached hydrogens (tertiary/aromatic N) is 1. The standard InChI is InChI=1S/C21H26N2O/c1-17-9-8-12-19(15-17)20-13-6-3-7-14-23(20)21(24)22-16-18-10-4-2-5-11-18/h2,4-5,8-12,15,20H,3,6-7,13-14,16H2,1H3,(H,22,24)/t20-/m1/s1. The third-order valence-electron chi connectivity index (χ3n) is 4.73. The third-order valence-corrected chi connectivity index (χ3v) is 4.73. The van der Waals surface area contributed by atoms with Gasteiger partial charge in [-0.1, -0.05) is 73.0 Å². The van der Waals surface area contributed by atoms with Crippen molar-refractivity contribution in [2.45, 2.75) is 45.2 Å². The van der Waals surface area contributed by atoms with Gasteiger partial charge in [0.25, 0.3) is 0 Å². The Balaban J connectivity index is 1.73. The van der Waals surface area contributed by atoms with E-state index in [0.29, 0.717) is 6.54 Å². The molecule has 3 nitrogen and oxygen atoms in total. The highest BCUT2D eigenvalue weighted by atomic mass is 16.2. The van der Waals surface area contributed by atoms with Gasteiger partial charge in [-0.15, -0.1) is 0 Å². The lowest BCUT2D eigenvalue weighted by Gasteiger charge is -2.31. The first-order chi connectivity index (χ1) is 11.7. The molecule has 1 atom stereocenters. The summed E-state index contributed by atoms with van der Waals surface area (Å²) in [6, 6.07) is 18.9. The largest absolute Gasteiger partial charge is 0.334 e. The molecule has 1 aliphatic rings. The smallest absolute Gasteiger partial charge is 0.318 e. The predicted molar refractivity (Wildman–Crippen MR) is 97.8 cm³/mol. The van der Waals surface area contributed by atoms with E-state index in [1.54, 1.807) is 0 Å². The first-order valence-corrected chi connectivity index (χ1v) is 8.89. The summed E-state index contributed by atoms with van der Waals surface area (Å²) >= 11 is 0. The second-order valence-corrected chi connectivity index (χ2v) is 6.62. The molecular formula is C21H26N2O. The van der Waals surface area contributed by atoms with E-state index in [0.717, 1.165) is 24.9 Å². The number of amides is 2. The Morgan fingerprint density at radius 3 is 2.71 bits per heavy atom. The highest BCUT2D eigenvalue weighted by molar-refractivity contribution is 5.74. The summed E-state index contributed by atoms with van der Waals surface area (Å²) in [5, 5.41) is 3.10. The minimum atomic E-state index is 0.0484. The minimum Gasteiger partial charge on any atom is -0.334 e. The predicted octanol–water partition coefficient (Wildman–Crippen LogP) is 4.82. The number of nitrogens with one attached hydrogen (secondary N) is 1. The van der Waals surface area contributed by atoms with E-state index >= 15 is 0 Å². The summed E-state index contributed by atoms with van der Waals surface area (Å²) < 4.78 is 0. The van der Waals surface area contributed by atoms with Gasteiger partial charge in [0.15, 0.2) is 0 Å². The molecule has 126 valence electrons. The lowest BCUT2D eigenvalue weighted by Crippen LogP contribution is -2.41. The van der Waals surface area contributed by atoms with E-state index < -0.39 is 0 Å². The van der Waals surface area contributed by atoms with Crippen molar-refractivity contribution in [2.75, 3.05) is 6.54 Å². The van der Waals surface area contributed by atoms with Crippen LogP contribution in [-0.2, 0) is 6.54 Å². The molecule has 3 heteroatoms. The zero-order valence-corrected chi connectivity index (χ0v) is 14.4. The van der Waals surface area contributed by atoms with Crippen LogP contribution < -0.4 is 5.32 Å². The highest BCUT2D eigenvalue weighted by Crippen LogP contribution is 2.30. The molecule has 1 fully saturated rings. The molecule has 24 heavy (non-hydrogen) atoms. The van der Waals surface area contributed by atoms with E-state index in [-0.39, 0.29) is 12.1 Å². The van der Waals surface area contributed by atoms with Crippen LogP contribution in [-0.4, -0.2) is 17.5 Å². The van der Waals surface area contributed by atoms with Crippen molar-refractivity contribution in [3.8, 4) is 0 Å². The highest BCUT2D eigenvalue weighted by Gasteiger charge is 2.26. The number of carbonyl (C=O) groups is 1. The molecule has 1 N–H and O–H groups in total. The van der Waals surface area contributed by atoms with Gasteiger partial charge in [-0.05, 0) is 30.9 Å². The normalized spacial score (nSPS) is 18.0. The summed E-state index contributed by atoms with van der Waals surface area (Å²) in [5.41, 5.74) is 3.64. The second-order valence-electron chi connectivity index (χ2n) is 6.62. The van der Waals surface area contributed by atoms with Crippen molar-refractivity contribution >= 4 is 6.03 Å². The van der Waals surface area contributed by atoms with Gasteiger partial charge in [-0.2, -0.15) is 0 Å². The molecule has 3 rings (SSSR count). The fourth-order valence-corrected chi connectivity index (χ4v) is 3.45. The number of carbonyl (C=O) groups excluding carboxylic acids is 1. The van der Waals surface area contributed by atoms with Crippen LogP contribution in [0.15, 0.2) is 54.6 Å². The van der Waals surface area contributed by atoms with Crippen molar-refractivity contribution in [2.24, 2.45) is 0 Å². The SMILES string of the molecule is Cc1cccc([C@H]2CCCCCN2C(=O)NCc2ccccc2)c1. The quantitative estimate of drug-likeness (QED) is 0.863. The van der Waals surface area contributed by atoms with Crippen LogP contribution in [0.25, 0.3) is 0 Å². The number of hydrogen-bond donors (Lipinski definition) is 1. The molecule has 1 heterocycles. The molecule has 2 amide bonds. The van der Waals surface area contributed by atoms with Crippen molar-refractivity contribution in [3.63, 3.8) is 0 Å². The van der Waals surface area contributed by atoms with E-state index in [1.807, 2.05) is 35.2 Å². The Bertz CT molecular complexity index is 669. The van der Waals surface area contributed by atoms with Gasteiger partial charge in [0.2, 0.25) is 0 Å². The molecular weight excluding hydrogens is 296 g/mol. The fourth-order valence-electron chi connectivity index (χ4n) is 3.45. The molecule has 1 aliphatic heterocycles. The monoisotopic (exact) mass is 322 g/mol. The molecule has 2 aromatic carbocycles. The molecule has 0 aromatic heterocycles. The van der Waals surface area contributed by atoms with Crippen molar-refractivity contribution in [3.05, 3.63) is 71.3 Å². The van der Waals surface area contributed by atoms with E-state index in [1.165, 1.54) is 24.0 Å².